The summed E-state index contributed by atoms with van der Waals surface area (Å²) in [6, 6.07) is 3.16. The van der Waals surface area contributed by atoms with Crippen molar-refractivity contribution in [3.63, 3.8) is 0 Å². The number of hydrogen-bond donors (Lipinski definition) is 1. The molecule has 8 nitrogen and oxygen atoms in total. The molecule has 0 aliphatic carbocycles. The van der Waals surface area contributed by atoms with E-state index in [1.165, 1.54) is 6.07 Å². The molecule has 3 atom stereocenters. The van der Waals surface area contributed by atoms with Crippen molar-refractivity contribution in [2.75, 3.05) is 6.54 Å². The molecule has 1 N–H and O–H groups in total. The van der Waals surface area contributed by atoms with E-state index in [1.807, 2.05) is 0 Å². The Bertz CT molecular complexity index is 1680. The number of thiophene rings is 1. The van der Waals surface area contributed by atoms with Gasteiger partial charge >= 0.3 is 18.3 Å². The van der Waals surface area contributed by atoms with Crippen LogP contribution in [0.5, 0.6) is 5.75 Å². The molecular formula is C31H28F7N3O5S. The van der Waals surface area contributed by atoms with Crippen LogP contribution in [0, 0.1) is 5.82 Å². The number of halogens is 7. The van der Waals surface area contributed by atoms with Crippen LogP contribution in [0.15, 0.2) is 48.0 Å². The Morgan fingerprint density at radius 2 is 1.81 bits per heavy atom. The molecule has 0 bridgehead atoms. The highest BCUT2D eigenvalue weighted by Crippen LogP contribution is 2.43. The minimum Gasteiger partial charge on any atom is -0.480 e. The van der Waals surface area contributed by atoms with Gasteiger partial charge in [0.1, 0.15) is 28.2 Å². The number of ether oxygens (including phenoxy) is 1. The fraction of sp³-hybridized carbons (Fsp3) is 0.419. The van der Waals surface area contributed by atoms with E-state index in [2.05, 4.69) is 4.98 Å². The Morgan fingerprint density at radius 3 is 2.45 bits per heavy atom. The average Bonchev–Trinajstić information content (AvgIpc) is 3.49. The number of carboxylic acids is 1. The fourth-order valence-corrected chi connectivity index (χ4v) is 6.98. The molecule has 0 unspecified atom stereocenters. The molecule has 0 radical (unpaired) electrons. The van der Waals surface area contributed by atoms with Gasteiger partial charge in [-0.05, 0) is 48.2 Å². The topological polar surface area (TPSA) is 100 Å². The third-order valence-corrected chi connectivity index (χ3v) is 9.31. The number of pyridine rings is 1. The lowest BCUT2D eigenvalue weighted by molar-refractivity contribution is -0.168. The number of benzene rings is 1. The molecule has 1 aromatic carbocycles. The number of aliphatic carboxylic acids is 1. The monoisotopic (exact) mass is 687 g/mol. The minimum atomic E-state index is -4.96. The molecule has 16 heteroatoms. The van der Waals surface area contributed by atoms with Crippen molar-refractivity contribution >= 4 is 29.1 Å². The molecule has 2 aliphatic heterocycles. The Labute approximate surface area is 267 Å². The summed E-state index contributed by atoms with van der Waals surface area (Å²) >= 11 is 0.286. The van der Waals surface area contributed by atoms with Gasteiger partial charge < -0.3 is 19.6 Å². The number of aromatic nitrogens is 1. The fourth-order valence-electron chi connectivity index (χ4n) is 6.31. The maximum atomic E-state index is 14.8. The van der Waals surface area contributed by atoms with E-state index < -0.39 is 82.1 Å². The predicted octanol–water partition coefficient (Wildman–Crippen LogP) is 6.58. The van der Waals surface area contributed by atoms with E-state index in [9.17, 15) is 50.2 Å². The van der Waals surface area contributed by atoms with Crippen LogP contribution in [0.1, 0.15) is 64.7 Å². The molecule has 2 aliphatic rings. The Morgan fingerprint density at radius 1 is 1.06 bits per heavy atom. The van der Waals surface area contributed by atoms with Crippen LogP contribution in [-0.4, -0.2) is 61.9 Å². The summed E-state index contributed by atoms with van der Waals surface area (Å²) in [4.78, 5) is 45.8. The van der Waals surface area contributed by atoms with Crippen molar-refractivity contribution in [2.24, 2.45) is 0 Å². The molecule has 5 rings (SSSR count). The third-order valence-electron chi connectivity index (χ3n) is 8.36. The van der Waals surface area contributed by atoms with Gasteiger partial charge in [-0.15, -0.1) is 11.3 Å². The molecule has 0 saturated carbocycles. The highest BCUT2D eigenvalue weighted by Gasteiger charge is 2.57. The zero-order valence-corrected chi connectivity index (χ0v) is 25.5. The Hall–Kier alpha value is -4.21. The highest BCUT2D eigenvalue weighted by atomic mass is 32.1. The van der Waals surface area contributed by atoms with E-state index in [1.54, 1.807) is 6.92 Å². The summed E-state index contributed by atoms with van der Waals surface area (Å²) in [6.07, 6.45) is -9.02. The lowest BCUT2D eigenvalue weighted by atomic mass is 9.79. The van der Waals surface area contributed by atoms with Crippen molar-refractivity contribution in [1.82, 2.24) is 14.8 Å². The summed E-state index contributed by atoms with van der Waals surface area (Å²) in [5.74, 6) is -4.65. The Balaban J connectivity index is 1.65. The molecule has 47 heavy (non-hydrogen) atoms. The van der Waals surface area contributed by atoms with Gasteiger partial charge in [0.15, 0.2) is 0 Å². The second-order valence-corrected chi connectivity index (χ2v) is 12.3. The predicted molar refractivity (Wildman–Crippen MR) is 153 cm³/mol. The summed E-state index contributed by atoms with van der Waals surface area (Å²) in [5, 5.41) is 11.2. The second-order valence-electron chi connectivity index (χ2n) is 11.3. The Kier molecular flexibility index (Phi) is 9.27. The first-order chi connectivity index (χ1) is 22.1. The number of piperidine rings is 1. The summed E-state index contributed by atoms with van der Waals surface area (Å²) in [5.41, 5.74) is -3.74. The molecule has 3 aromatic rings. The van der Waals surface area contributed by atoms with Crippen molar-refractivity contribution in [2.45, 2.75) is 75.6 Å². The quantitative estimate of drug-likeness (QED) is 0.282. The number of carbonyl (C=O) groups excluding carboxylic acids is 2. The standard InChI is InChI=1S/C31H28F7N3O5S/c1-2-5-23-29(46-20-14-24(47-16-20)31(36,37)38,9-4-11-40(23)26(42)25-21(30(33,34)35)6-3-10-39-25)28(45)41-15-18-12-19(32)8-7-17(18)13-22(41)27(43)44/h3,6-8,10,12,14,16,22-23H,2,4-5,9,11,13,15H2,1H3,(H,43,44)/t22-,23-,29-/m1/s1. The van der Waals surface area contributed by atoms with Crippen molar-refractivity contribution in [1.29, 1.82) is 0 Å². The number of carbonyl (C=O) groups is 3. The molecule has 2 amide bonds. The zero-order chi connectivity index (χ0) is 34.3. The maximum Gasteiger partial charge on any atom is 0.425 e. The number of alkyl halides is 6. The van der Waals surface area contributed by atoms with Crippen molar-refractivity contribution in [3.05, 3.63) is 81.1 Å². The van der Waals surface area contributed by atoms with Gasteiger partial charge in [0, 0.05) is 43.6 Å². The first kappa shape index (κ1) is 34.1. The van der Waals surface area contributed by atoms with E-state index in [0.717, 1.165) is 39.6 Å². The molecule has 252 valence electrons. The van der Waals surface area contributed by atoms with E-state index >= 15 is 0 Å². The second kappa shape index (κ2) is 12.8. The smallest absolute Gasteiger partial charge is 0.425 e. The number of amides is 2. The van der Waals surface area contributed by atoms with Crippen LogP contribution in [0.3, 0.4) is 0 Å². The van der Waals surface area contributed by atoms with Gasteiger partial charge in [0.25, 0.3) is 11.8 Å². The minimum absolute atomic E-state index is 0.0427. The summed E-state index contributed by atoms with van der Waals surface area (Å²) in [7, 11) is 0. The SMILES string of the molecule is CCC[C@H]1N(C(=O)c2ncccc2C(F)(F)F)CCC[C@]1(Oc1csc(C(F)(F)F)c1)C(=O)N1Cc2cc(F)ccc2C[C@@H]1C(=O)O. The largest absolute Gasteiger partial charge is 0.480 e. The third kappa shape index (κ3) is 6.64. The van der Waals surface area contributed by atoms with Crippen LogP contribution < -0.4 is 4.74 Å². The lowest BCUT2D eigenvalue weighted by Crippen LogP contribution is -2.69. The molecule has 2 aromatic heterocycles. The molecule has 1 fully saturated rings. The number of rotatable bonds is 7. The van der Waals surface area contributed by atoms with Gasteiger partial charge in [-0.3, -0.25) is 14.6 Å². The van der Waals surface area contributed by atoms with Gasteiger partial charge in [0.2, 0.25) is 5.60 Å². The summed E-state index contributed by atoms with van der Waals surface area (Å²) in [6.45, 7) is 1.11. The number of fused-ring (bicyclic) bond motifs is 1. The van der Waals surface area contributed by atoms with Crippen LogP contribution in [0.4, 0.5) is 30.7 Å². The summed E-state index contributed by atoms with van der Waals surface area (Å²) < 4.78 is 103. The molecule has 0 spiro atoms. The number of carboxylic acid groups (broad SMARTS) is 1. The van der Waals surface area contributed by atoms with Gasteiger partial charge in [-0.25, -0.2) is 9.18 Å². The van der Waals surface area contributed by atoms with E-state index in [4.69, 9.17) is 4.74 Å². The van der Waals surface area contributed by atoms with Gasteiger partial charge in [-0.1, -0.05) is 19.4 Å². The van der Waals surface area contributed by atoms with E-state index in [0.29, 0.717) is 23.3 Å². The lowest BCUT2D eigenvalue weighted by Gasteiger charge is -2.51. The van der Waals surface area contributed by atoms with E-state index in [-0.39, 0.29) is 50.0 Å². The van der Waals surface area contributed by atoms with Gasteiger partial charge in [0.05, 0.1) is 11.6 Å². The zero-order valence-electron chi connectivity index (χ0n) is 24.7. The van der Waals surface area contributed by atoms with Crippen LogP contribution in [0.25, 0.3) is 0 Å². The first-order valence-electron chi connectivity index (χ1n) is 14.6. The van der Waals surface area contributed by atoms with Crippen LogP contribution in [-0.2, 0) is 34.9 Å². The van der Waals surface area contributed by atoms with Crippen LogP contribution >= 0.6 is 11.3 Å². The first-order valence-corrected chi connectivity index (χ1v) is 15.4. The van der Waals surface area contributed by atoms with Gasteiger partial charge in [-0.2, -0.15) is 26.3 Å². The number of hydrogen-bond acceptors (Lipinski definition) is 6. The average molecular weight is 688 g/mol. The highest BCUT2D eigenvalue weighted by molar-refractivity contribution is 7.10. The molecular weight excluding hydrogens is 659 g/mol. The number of nitrogens with zero attached hydrogens (tertiary/aromatic N) is 3. The normalized spacial score (nSPS) is 21.7. The van der Waals surface area contributed by atoms with Crippen molar-refractivity contribution < 1.29 is 55.0 Å². The van der Waals surface area contributed by atoms with Crippen molar-refractivity contribution in [3.8, 4) is 5.75 Å². The maximum absolute atomic E-state index is 14.8. The van der Waals surface area contributed by atoms with Crippen LogP contribution in [0.2, 0.25) is 0 Å². The molecule has 1 saturated heterocycles. The molecule has 4 heterocycles. The number of likely N-dealkylation sites (tertiary alicyclic amines) is 1.